The number of fused-ring (bicyclic) bond motifs is 1. The SMILES string of the molecule is COC(=O)c1ccc(Nc2c(C(=O)N3CCC[C@H](C)C3)cnc3nc(C)ccc23)cc1. The summed E-state index contributed by atoms with van der Waals surface area (Å²) in [4.78, 5) is 36.0. The highest BCUT2D eigenvalue weighted by atomic mass is 16.5. The van der Waals surface area contributed by atoms with Crippen LogP contribution >= 0.6 is 0 Å². The van der Waals surface area contributed by atoms with Gasteiger partial charge >= 0.3 is 5.97 Å². The zero-order valence-corrected chi connectivity index (χ0v) is 18.0. The highest BCUT2D eigenvalue weighted by Gasteiger charge is 2.25. The van der Waals surface area contributed by atoms with Crippen LogP contribution in [0.5, 0.6) is 0 Å². The van der Waals surface area contributed by atoms with Crippen LogP contribution in [0.25, 0.3) is 11.0 Å². The quantitative estimate of drug-likeness (QED) is 0.635. The van der Waals surface area contributed by atoms with Crippen LogP contribution in [-0.4, -0.2) is 46.9 Å². The van der Waals surface area contributed by atoms with E-state index in [1.807, 2.05) is 24.0 Å². The average molecular weight is 418 g/mol. The van der Waals surface area contributed by atoms with Crippen molar-refractivity contribution in [3.8, 4) is 0 Å². The Kier molecular flexibility index (Phi) is 5.84. The molecule has 3 aromatic rings. The van der Waals surface area contributed by atoms with Gasteiger partial charge in [0.15, 0.2) is 5.65 Å². The average Bonchev–Trinajstić information content (AvgIpc) is 2.78. The monoisotopic (exact) mass is 418 g/mol. The van der Waals surface area contributed by atoms with Gasteiger partial charge in [-0.2, -0.15) is 0 Å². The zero-order valence-electron chi connectivity index (χ0n) is 18.0. The lowest BCUT2D eigenvalue weighted by atomic mass is 9.99. The number of likely N-dealkylation sites (tertiary alicyclic amines) is 1. The minimum absolute atomic E-state index is 0.0322. The van der Waals surface area contributed by atoms with Gasteiger partial charge in [0, 0.05) is 36.1 Å². The van der Waals surface area contributed by atoms with Crippen LogP contribution in [0.15, 0.2) is 42.6 Å². The number of anilines is 2. The molecule has 1 aliphatic rings. The summed E-state index contributed by atoms with van der Waals surface area (Å²) < 4.78 is 4.76. The Labute approximate surface area is 181 Å². The number of ether oxygens (including phenoxy) is 1. The maximum absolute atomic E-state index is 13.4. The number of hydrogen-bond acceptors (Lipinski definition) is 6. The van der Waals surface area contributed by atoms with Gasteiger partial charge in [-0.25, -0.2) is 14.8 Å². The molecule has 0 saturated carbocycles. The molecule has 7 heteroatoms. The second-order valence-electron chi connectivity index (χ2n) is 8.06. The fraction of sp³-hybridized carbons (Fsp3) is 0.333. The molecular formula is C24H26N4O3. The first-order chi connectivity index (χ1) is 15.0. The first kappa shape index (κ1) is 20.8. The van der Waals surface area contributed by atoms with Crippen molar-refractivity contribution in [2.75, 3.05) is 25.5 Å². The van der Waals surface area contributed by atoms with Gasteiger partial charge in [-0.3, -0.25) is 4.79 Å². The summed E-state index contributed by atoms with van der Waals surface area (Å²) >= 11 is 0. The zero-order chi connectivity index (χ0) is 22.0. The van der Waals surface area contributed by atoms with E-state index >= 15 is 0 Å². The van der Waals surface area contributed by atoms with Crippen LogP contribution in [-0.2, 0) is 4.74 Å². The third kappa shape index (κ3) is 4.35. The fourth-order valence-corrected chi connectivity index (χ4v) is 3.96. The number of carbonyl (C=O) groups is 2. The molecule has 2 aromatic heterocycles. The van der Waals surface area contributed by atoms with Crippen molar-refractivity contribution in [1.29, 1.82) is 0 Å². The van der Waals surface area contributed by atoms with Gasteiger partial charge in [0.05, 0.1) is 23.9 Å². The van der Waals surface area contributed by atoms with Crippen molar-refractivity contribution in [2.24, 2.45) is 5.92 Å². The Morgan fingerprint density at radius 3 is 2.65 bits per heavy atom. The number of carbonyl (C=O) groups excluding carboxylic acids is 2. The van der Waals surface area contributed by atoms with E-state index in [1.54, 1.807) is 30.5 Å². The third-order valence-corrected chi connectivity index (χ3v) is 5.62. The van der Waals surface area contributed by atoms with E-state index in [0.717, 1.165) is 42.7 Å². The van der Waals surface area contributed by atoms with Gasteiger partial charge in [0.25, 0.3) is 5.91 Å². The molecule has 31 heavy (non-hydrogen) atoms. The summed E-state index contributed by atoms with van der Waals surface area (Å²) in [5.41, 5.74) is 3.84. The molecule has 1 aromatic carbocycles. The molecule has 0 bridgehead atoms. The standard InChI is InChI=1S/C24H26N4O3/c1-15-5-4-12-28(14-15)23(29)20-13-25-22-19(11-6-16(2)26-22)21(20)27-18-9-7-17(8-10-18)24(30)31-3/h6-11,13,15H,4-5,12,14H2,1-3H3,(H,25,26,27)/t15-/m0/s1. The maximum atomic E-state index is 13.4. The van der Waals surface area contributed by atoms with Gasteiger partial charge in [-0.1, -0.05) is 6.92 Å². The summed E-state index contributed by atoms with van der Waals surface area (Å²) in [7, 11) is 1.35. The first-order valence-electron chi connectivity index (χ1n) is 10.5. The van der Waals surface area contributed by atoms with Crippen LogP contribution in [0.4, 0.5) is 11.4 Å². The second kappa shape index (κ2) is 8.71. The highest BCUT2D eigenvalue weighted by molar-refractivity contribution is 6.07. The molecule has 4 rings (SSSR count). The Hall–Kier alpha value is -3.48. The molecule has 1 atom stereocenters. The molecule has 1 saturated heterocycles. The second-order valence-corrected chi connectivity index (χ2v) is 8.06. The highest BCUT2D eigenvalue weighted by Crippen LogP contribution is 2.31. The van der Waals surface area contributed by atoms with Crippen molar-refractivity contribution >= 4 is 34.3 Å². The summed E-state index contributed by atoms with van der Waals surface area (Å²) in [5.74, 6) is 0.0589. The predicted molar refractivity (Wildman–Crippen MR) is 120 cm³/mol. The molecule has 160 valence electrons. The molecule has 0 unspecified atom stereocenters. The van der Waals surface area contributed by atoms with Crippen molar-refractivity contribution in [3.63, 3.8) is 0 Å². The molecule has 1 amide bonds. The van der Waals surface area contributed by atoms with Crippen LogP contribution in [0, 0.1) is 12.8 Å². The molecule has 1 aliphatic heterocycles. The Morgan fingerprint density at radius 1 is 1.16 bits per heavy atom. The molecule has 0 spiro atoms. The van der Waals surface area contributed by atoms with E-state index in [4.69, 9.17) is 4.74 Å². The molecule has 3 heterocycles. The topological polar surface area (TPSA) is 84.4 Å². The lowest BCUT2D eigenvalue weighted by Gasteiger charge is -2.31. The number of methoxy groups -OCH3 is 1. The number of esters is 1. The molecule has 0 radical (unpaired) electrons. The van der Waals surface area contributed by atoms with Gasteiger partial charge in [-0.05, 0) is 62.1 Å². The van der Waals surface area contributed by atoms with E-state index in [-0.39, 0.29) is 5.91 Å². The van der Waals surface area contributed by atoms with E-state index in [0.29, 0.717) is 28.4 Å². The number of aryl methyl sites for hydroxylation is 1. The number of amides is 1. The van der Waals surface area contributed by atoms with Gasteiger partial charge in [-0.15, -0.1) is 0 Å². The molecule has 1 fully saturated rings. The summed E-state index contributed by atoms with van der Waals surface area (Å²) in [6.45, 7) is 5.58. The number of aromatic nitrogens is 2. The maximum Gasteiger partial charge on any atom is 0.337 e. The van der Waals surface area contributed by atoms with Crippen LogP contribution in [0.3, 0.4) is 0 Å². The van der Waals surface area contributed by atoms with Crippen molar-refractivity contribution in [2.45, 2.75) is 26.7 Å². The van der Waals surface area contributed by atoms with E-state index in [9.17, 15) is 9.59 Å². The summed E-state index contributed by atoms with van der Waals surface area (Å²) in [5, 5.41) is 4.15. The normalized spacial score (nSPS) is 16.2. The Balaban J connectivity index is 1.74. The largest absolute Gasteiger partial charge is 0.465 e. The van der Waals surface area contributed by atoms with Crippen molar-refractivity contribution in [1.82, 2.24) is 14.9 Å². The smallest absolute Gasteiger partial charge is 0.337 e. The molecule has 1 N–H and O–H groups in total. The van der Waals surface area contributed by atoms with Gasteiger partial charge in [0.1, 0.15) is 0 Å². The Morgan fingerprint density at radius 2 is 1.94 bits per heavy atom. The summed E-state index contributed by atoms with van der Waals surface area (Å²) in [6, 6.07) is 10.8. The van der Waals surface area contributed by atoms with Crippen molar-refractivity contribution in [3.05, 3.63) is 59.4 Å². The first-order valence-corrected chi connectivity index (χ1v) is 10.5. The minimum Gasteiger partial charge on any atom is -0.465 e. The number of nitrogens with zero attached hydrogens (tertiary/aromatic N) is 3. The number of pyridine rings is 2. The van der Waals surface area contributed by atoms with Crippen molar-refractivity contribution < 1.29 is 14.3 Å². The van der Waals surface area contributed by atoms with E-state index in [1.165, 1.54) is 7.11 Å². The lowest BCUT2D eigenvalue weighted by Crippen LogP contribution is -2.39. The number of nitrogens with one attached hydrogen (secondary N) is 1. The fourth-order valence-electron chi connectivity index (χ4n) is 3.96. The summed E-state index contributed by atoms with van der Waals surface area (Å²) in [6.07, 6.45) is 3.76. The van der Waals surface area contributed by atoms with Crippen LogP contribution in [0.2, 0.25) is 0 Å². The van der Waals surface area contributed by atoms with Crippen LogP contribution < -0.4 is 5.32 Å². The molecular weight excluding hydrogens is 392 g/mol. The van der Waals surface area contributed by atoms with Crippen LogP contribution in [0.1, 0.15) is 46.2 Å². The van der Waals surface area contributed by atoms with Gasteiger partial charge in [0.2, 0.25) is 0 Å². The molecule has 7 nitrogen and oxygen atoms in total. The number of benzene rings is 1. The lowest BCUT2D eigenvalue weighted by molar-refractivity contribution is 0.0600. The number of piperidine rings is 1. The number of hydrogen-bond donors (Lipinski definition) is 1. The third-order valence-electron chi connectivity index (χ3n) is 5.62. The number of rotatable bonds is 4. The predicted octanol–water partition coefficient (Wildman–Crippen LogP) is 4.34. The van der Waals surface area contributed by atoms with E-state index in [2.05, 4.69) is 22.2 Å². The van der Waals surface area contributed by atoms with Gasteiger partial charge < -0.3 is 15.0 Å². The Bertz CT molecular complexity index is 1130. The van der Waals surface area contributed by atoms with E-state index < -0.39 is 5.97 Å². The minimum atomic E-state index is -0.393. The molecule has 0 aliphatic carbocycles.